The second-order valence-corrected chi connectivity index (χ2v) is 5.28. The van der Waals surface area contributed by atoms with Crippen LogP contribution >= 0.6 is 0 Å². The molecule has 0 aliphatic rings. The molecule has 6 nitrogen and oxygen atoms in total. The Morgan fingerprint density at radius 2 is 1.88 bits per heavy atom. The molecule has 0 saturated carbocycles. The number of benzene rings is 2. The lowest BCUT2D eigenvalue weighted by Crippen LogP contribution is -2.23. The number of rotatable bonds is 8. The average Bonchev–Trinajstić information content (AvgIpc) is 2.61. The quantitative estimate of drug-likeness (QED) is 0.637. The first-order valence-corrected chi connectivity index (χ1v) is 7.68. The van der Waals surface area contributed by atoms with Gasteiger partial charge in [-0.15, -0.1) is 0 Å². The minimum atomic E-state index is -1.35. The summed E-state index contributed by atoms with van der Waals surface area (Å²) in [5.41, 5.74) is 0.524. The van der Waals surface area contributed by atoms with Gasteiger partial charge < -0.3 is 20.5 Å². The van der Waals surface area contributed by atoms with Crippen LogP contribution in [-0.2, 0) is 6.54 Å². The van der Waals surface area contributed by atoms with E-state index in [0.717, 1.165) is 12.6 Å². The maximum atomic E-state index is 13.3. The zero-order chi connectivity index (χ0) is 18.2. The average molecular weight is 346 g/mol. The molecule has 2 rings (SSSR count). The Morgan fingerprint density at radius 1 is 1.16 bits per heavy atom. The van der Waals surface area contributed by atoms with E-state index in [4.69, 9.17) is 9.84 Å². The summed E-state index contributed by atoms with van der Waals surface area (Å²) in [6.45, 7) is 1.34. The zero-order valence-corrected chi connectivity index (χ0v) is 13.7. The van der Waals surface area contributed by atoms with Crippen LogP contribution in [0.3, 0.4) is 0 Å². The highest BCUT2D eigenvalue weighted by Gasteiger charge is 2.11. The smallest absolute Gasteiger partial charge is 0.338 e. The number of halogens is 1. The molecule has 25 heavy (non-hydrogen) atoms. The third kappa shape index (κ3) is 5.29. The second kappa shape index (κ2) is 8.79. The summed E-state index contributed by atoms with van der Waals surface area (Å²) in [4.78, 5) is 23.0. The standard InChI is InChI=1S/C18H19FN2O4/c1-20-8-9-25-14-5-3-13(4-6-14)17(22)21-11-12-2-7-16(19)15(10-12)18(23)24/h2-7,10,20H,8-9,11H2,1H3,(H,21,22)(H,23,24). The summed E-state index contributed by atoms with van der Waals surface area (Å²) in [5.74, 6) is -1.81. The third-order valence-electron chi connectivity index (χ3n) is 3.45. The van der Waals surface area contributed by atoms with Crippen molar-refractivity contribution >= 4 is 11.9 Å². The Hall–Kier alpha value is -2.93. The van der Waals surface area contributed by atoms with Gasteiger partial charge in [0, 0.05) is 18.7 Å². The van der Waals surface area contributed by atoms with Crippen LogP contribution in [-0.4, -0.2) is 37.2 Å². The molecule has 0 aliphatic heterocycles. The van der Waals surface area contributed by atoms with Gasteiger partial charge in [-0.1, -0.05) is 6.07 Å². The first-order valence-electron chi connectivity index (χ1n) is 7.68. The lowest BCUT2D eigenvalue weighted by Gasteiger charge is -2.08. The number of nitrogens with one attached hydrogen (secondary N) is 2. The fourth-order valence-electron chi connectivity index (χ4n) is 2.10. The fourth-order valence-corrected chi connectivity index (χ4v) is 2.10. The van der Waals surface area contributed by atoms with Gasteiger partial charge in [-0.05, 0) is 49.0 Å². The largest absolute Gasteiger partial charge is 0.492 e. The van der Waals surface area contributed by atoms with Gasteiger partial charge in [0.1, 0.15) is 18.2 Å². The van der Waals surface area contributed by atoms with Crippen LogP contribution in [0.1, 0.15) is 26.3 Å². The molecule has 0 atom stereocenters. The first-order chi connectivity index (χ1) is 12.0. The SMILES string of the molecule is CNCCOc1ccc(C(=O)NCc2ccc(F)c(C(=O)O)c2)cc1. The highest BCUT2D eigenvalue weighted by molar-refractivity contribution is 5.94. The number of carboxylic acids is 1. The number of aromatic carboxylic acids is 1. The van der Waals surface area contributed by atoms with E-state index >= 15 is 0 Å². The molecule has 0 heterocycles. The number of carboxylic acid groups (broad SMARTS) is 1. The predicted molar refractivity (Wildman–Crippen MR) is 90.4 cm³/mol. The van der Waals surface area contributed by atoms with Crippen molar-refractivity contribution in [1.82, 2.24) is 10.6 Å². The number of carbonyl (C=O) groups is 2. The molecule has 2 aromatic rings. The molecule has 3 N–H and O–H groups in total. The van der Waals surface area contributed by atoms with Crippen LogP contribution in [0.4, 0.5) is 4.39 Å². The van der Waals surface area contributed by atoms with E-state index in [2.05, 4.69) is 10.6 Å². The van der Waals surface area contributed by atoms with Crippen LogP contribution < -0.4 is 15.4 Å². The zero-order valence-electron chi connectivity index (χ0n) is 13.7. The van der Waals surface area contributed by atoms with Crippen molar-refractivity contribution in [3.63, 3.8) is 0 Å². The van der Waals surface area contributed by atoms with Crippen molar-refractivity contribution in [3.8, 4) is 5.75 Å². The molecule has 7 heteroatoms. The van der Waals surface area contributed by atoms with E-state index in [1.54, 1.807) is 24.3 Å². The van der Waals surface area contributed by atoms with Gasteiger partial charge in [-0.2, -0.15) is 0 Å². The topological polar surface area (TPSA) is 87.7 Å². The van der Waals surface area contributed by atoms with Gasteiger partial charge in [0.15, 0.2) is 0 Å². The highest BCUT2D eigenvalue weighted by Crippen LogP contribution is 2.13. The summed E-state index contributed by atoms with van der Waals surface area (Å²) in [6.07, 6.45) is 0. The molecular formula is C18H19FN2O4. The molecule has 0 bridgehead atoms. The molecule has 0 fully saturated rings. The molecule has 0 spiro atoms. The maximum Gasteiger partial charge on any atom is 0.338 e. The summed E-state index contributed by atoms with van der Waals surface area (Å²) in [5, 5.41) is 14.5. The van der Waals surface area contributed by atoms with Crippen LogP contribution in [0.15, 0.2) is 42.5 Å². The number of carbonyl (C=O) groups excluding carboxylic acids is 1. The molecule has 2 aromatic carbocycles. The van der Waals surface area contributed by atoms with E-state index in [9.17, 15) is 14.0 Å². The molecule has 0 aromatic heterocycles. The lowest BCUT2D eigenvalue weighted by molar-refractivity contribution is 0.0691. The molecular weight excluding hydrogens is 327 g/mol. The minimum absolute atomic E-state index is 0.0970. The molecule has 0 saturated heterocycles. The Kier molecular flexibility index (Phi) is 6.47. The summed E-state index contributed by atoms with van der Waals surface area (Å²) in [7, 11) is 1.83. The van der Waals surface area contributed by atoms with E-state index in [-0.39, 0.29) is 12.5 Å². The number of amides is 1. The molecule has 0 radical (unpaired) electrons. The summed E-state index contributed by atoms with van der Waals surface area (Å²) in [6, 6.07) is 10.4. The Balaban J connectivity index is 1.94. The van der Waals surface area contributed by atoms with Crippen LogP contribution in [0.2, 0.25) is 0 Å². The van der Waals surface area contributed by atoms with Crippen molar-refractivity contribution in [2.45, 2.75) is 6.54 Å². The summed E-state index contributed by atoms with van der Waals surface area (Å²) >= 11 is 0. The molecule has 1 amide bonds. The number of likely N-dealkylation sites (N-methyl/N-ethyl adjacent to an activating group) is 1. The van der Waals surface area contributed by atoms with Gasteiger partial charge in [-0.25, -0.2) is 9.18 Å². The number of ether oxygens (including phenoxy) is 1. The lowest BCUT2D eigenvalue weighted by atomic mass is 10.1. The van der Waals surface area contributed by atoms with Gasteiger partial charge in [0.25, 0.3) is 5.91 Å². The van der Waals surface area contributed by atoms with Gasteiger partial charge in [-0.3, -0.25) is 4.79 Å². The van der Waals surface area contributed by atoms with Crippen molar-refractivity contribution < 1.29 is 23.8 Å². The van der Waals surface area contributed by atoms with Gasteiger partial charge in [0.05, 0.1) is 5.56 Å². The van der Waals surface area contributed by atoms with Crippen LogP contribution in [0.25, 0.3) is 0 Å². The normalized spacial score (nSPS) is 10.3. The second-order valence-electron chi connectivity index (χ2n) is 5.28. The number of hydrogen-bond donors (Lipinski definition) is 3. The molecule has 0 unspecified atom stereocenters. The van der Waals surface area contributed by atoms with E-state index in [1.807, 2.05) is 7.05 Å². The number of hydrogen-bond acceptors (Lipinski definition) is 4. The van der Waals surface area contributed by atoms with E-state index in [1.165, 1.54) is 12.1 Å². The first kappa shape index (κ1) is 18.4. The molecule has 0 aliphatic carbocycles. The van der Waals surface area contributed by atoms with Crippen molar-refractivity contribution in [1.29, 1.82) is 0 Å². The van der Waals surface area contributed by atoms with E-state index in [0.29, 0.717) is 23.5 Å². The summed E-state index contributed by atoms with van der Waals surface area (Å²) < 4.78 is 18.8. The van der Waals surface area contributed by atoms with Crippen LogP contribution in [0.5, 0.6) is 5.75 Å². The molecule has 132 valence electrons. The van der Waals surface area contributed by atoms with E-state index < -0.39 is 17.3 Å². The Morgan fingerprint density at radius 3 is 2.52 bits per heavy atom. The maximum absolute atomic E-state index is 13.3. The van der Waals surface area contributed by atoms with Gasteiger partial charge >= 0.3 is 5.97 Å². The monoisotopic (exact) mass is 346 g/mol. The minimum Gasteiger partial charge on any atom is -0.492 e. The Labute approximate surface area is 144 Å². The van der Waals surface area contributed by atoms with Gasteiger partial charge in [0.2, 0.25) is 0 Å². The van der Waals surface area contributed by atoms with Crippen LogP contribution in [0, 0.1) is 5.82 Å². The third-order valence-corrected chi connectivity index (χ3v) is 3.45. The highest BCUT2D eigenvalue weighted by atomic mass is 19.1. The fraction of sp³-hybridized carbons (Fsp3) is 0.222. The van der Waals surface area contributed by atoms with Crippen molar-refractivity contribution in [2.24, 2.45) is 0 Å². The van der Waals surface area contributed by atoms with Crippen molar-refractivity contribution in [2.75, 3.05) is 20.2 Å². The Bertz CT molecular complexity index is 747. The predicted octanol–water partition coefficient (Wildman–Crippen LogP) is 2.05. The van der Waals surface area contributed by atoms with Crippen molar-refractivity contribution in [3.05, 3.63) is 65.0 Å².